The first-order chi connectivity index (χ1) is 8.86. The van der Waals surface area contributed by atoms with Gasteiger partial charge in [-0.3, -0.25) is 0 Å². The Morgan fingerprint density at radius 3 is 2.61 bits per heavy atom. The number of ether oxygens (including phenoxy) is 1. The van der Waals surface area contributed by atoms with Crippen molar-refractivity contribution in [3.8, 4) is 5.75 Å². The highest BCUT2D eigenvalue weighted by atomic mass is 19.3. The molecule has 1 rings (SSSR count). The van der Waals surface area contributed by atoms with E-state index in [-0.39, 0.29) is 6.61 Å². The van der Waals surface area contributed by atoms with Crippen LogP contribution in [-0.4, -0.2) is 6.61 Å². The second-order valence-corrected chi connectivity index (χ2v) is 4.52. The highest BCUT2D eigenvalue weighted by Gasteiger charge is 1.98. The molecule has 0 bridgehead atoms. The van der Waals surface area contributed by atoms with E-state index in [1.54, 1.807) is 0 Å². The van der Waals surface area contributed by atoms with Gasteiger partial charge in [-0.1, -0.05) is 51.2 Å². The Bertz CT molecular complexity index is 315. The van der Waals surface area contributed by atoms with Crippen molar-refractivity contribution in [1.29, 1.82) is 0 Å². The Labute approximate surface area is 109 Å². The molecule has 3 heteroatoms. The Hall–Kier alpha value is -1.09. The van der Waals surface area contributed by atoms with E-state index in [4.69, 9.17) is 4.74 Å². The topological polar surface area (TPSA) is 18.5 Å². The summed E-state index contributed by atoms with van der Waals surface area (Å²) in [5.41, 5.74) is 0.790. The van der Waals surface area contributed by atoms with Gasteiger partial charge in [0.1, 0.15) is 12.4 Å². The number of hydrogen-bond donors (Lipinski definition) is 0. The maximum Gasteiger partial charge on any atom is 0.119 e. The van der Waals surface area contributed by atoms with Crippen LogP contribution < -0.4 is 4.74 Å². The average Bonchev–Trinajstić information content (AvgIpc) is 2.39. The molecule has 0 saturated carbocycles. The highest BCUT2D eigenvalue weighted by molar-refractivity contribution is 5.27. The first-order valence-corrected chi connectivity index (χ1v) is 6.82. The third kappa shape index (κ3) is 6.60. The van der Waals surface area contributed by atoms with Crippen LogP contribution in [0.5, 0.6) is 5.75 Å². The zero-order valence-corrected chi connectivity index (χ0v) is 11.2. The second-order valence-electron chi connectivity index (χ2n) is 4.52. The molecule has 2 nitrogen and oxygen atoms in total. The molecule has 0 aliphatic heterocycles. The minimum atomic E-state index is -0.0196. The van der Waals surface area contributed by atoms with Gasteiger partial charge in [0, 0.05) is 0 Å². The first kappa shape index (κ1) is 15.0. The summed E-state index contributed by atoms with van der Waals surface area (Å²) in [6.07, 6.45) is 7.50. The lowest BCUT2D eigenvalue weighted by Gasteiger charge is -2.07. The maximum atomic E-state index is 11.7. The van der Waals surface area contributed by atoms with Gasteiger partial charge in [0.2, 0.25) is 0 Å². The van der Waals surface area contributed by atoms with E-state index in [1.165, 1.54) is 32.1 Å². The lowest BCUT2D eigenvalue weighted by atomic mass is 10.1. The molecule has 0 spiro atoms. The fraction of sp³-hybridized carbons (Fsp3) is 0.600. The van der Waals surface area contributed by atoms with Gasteiger partial charge < -0.3 is 4.74 Å². The third-order valence-electron chi connectivity index (χ3n) is 2.89. The van der Waals surface area contributed by atoms with E-state index < -0.39 is 0 Å². The predicted octanol–water partition coefficient (Wildman–Crippen LogP) is 4.83. The van der Waals surface area contributed by atoms with Gasteiger partial charge in [0.05, 0.1) is 6.61 Å². The van der Waals surface area contributed by atoms with Crippen molar-refractivity contribution in [2.24, 2.45) is 0 Å². The zero-order valence-electron chi connectivity index (χ0n) is 11.2. The highest BCUT2D eigenvalue weighted by Crippen LogP contribution is 2.15. The van der Waals surface area contributed by atoms with Gasteiger partial charge in [-0.15, -0.1) is 0 Å². The van der Waals surface area contributed by atoms with E-state index in [0.29, 0.717) is 0 Å². The molecule has 1 aromatic rings. The first-order valence-electron chi connectivity index (χ1n) is 6.82. The number of rotatable bonds is 10. The molecule has 18 heavy (non-hydrogen) atoms. The molecule has 0 radical (unpaired) electrons. The summed E-state index contributed by atoms with van der Waals surface area (Å²) < 4.78 is 17.3. The van der Waals surface area contributed by atoms with Gasteiger partial charge in [0.25, 0.3) is 0 Å². The van der Waals surface area contributed by atoms with Gasteiger partial charge >= 0.3 is 0 Å². The molecule has 0 aliphatic rings. The smallest absolute Gasteiger partial charge is 0.119 e. The molecular formula is C15H23FO2. The monoisotopic (exact) mass is 254 g/mol. The molecule has 102 valence electrons. The zero-order chi connectivity index (χ0) is 13.1. The predicted molar refractivity (Wildman–Crippen MR) is 71.2 cm³/mol. The fourth-order valence-corrected chi connectivity index (χ4v) is 1.86. The lowest BCUT2D eigenvalue weighted by Crippen LogP contribution is -1.98. The SMILES string of the molecule is CCCCCCCCOc1cccc(COF)c1. The summed E-state index contributed by atoms with van der Waals surface area (Å²) in [7, 11) is 0. The summed E-state index contributed by atoms with van der Waals surface area (Å²) in [6, 6.07) is 7.37. The van der Waals surface area contributed by atoms with Gasteiger partial charge in [0.15, 0.2) is 0 Å². The summed E-state index contributed by atoms with van der Waals surface area (Å²) in [6.45, 7) is 2.93. The van der Waals surface area contributed by atoms with Crippen molar-refractivity contribution in [2.45, 2.75) is 52.1 Å². The van der Waals surface area contributed by atoms with Crippen LogP contribution in [0.4, 0.5) is 4.53 Å². The Balaban J connectivity index is 2.13. The van der Waals surface area contributed by atoms with Crippen LogP contribution in [0.3, 0.4) is 0 Å². The molecule has 0 aromatic heterocycles. The standard InChI is InChI=1S/C15H23FO2/c1-2-3-4-5-6-7-11-17-15-10-8-9-14(12-15)13-18-16/h8-10,12H,2-7,11,13H2,1H3. The summed E-state index contributed by atoms with van der Waals surface area (Å²) >= 11 is 0. The van der Waals surface area contributed by atoms with Crippen LogP contribution in [0.15, 0.2) is 24.3 Å². The van der Waals surface area contributed by atoms with Crippen LogP contribution >= 0.6 is 0 Å². The molecule has 0 atom stereocenters. The van der Waals surface area contributed by atoms with Crippen LogP contribution in [0.2, 0.25) is 0 Å². The van der Waals surface area contributed by atoms with Crippen molar-refractivity contribution in [3.05, 3.63) is 29.8 Å². The van der Waals surface area contributed by atoms with Crippen molar-refractivity contribution >= 4 is 0 Å². The van der Waals surface area contributed by atoms with Crippen LogP contribution in [0, 0.1) is 0 Å². The third-order valence-corrected chi connectivity index (χ3v) is 2.89. The molecule has 0 aliphatic carbocycles. The molecular weight excluding hydrogens is 231 g/mol. The molecule has 0 N–H and O–H groups in total. The van der Waals surface area contributed by atoms with E-state index in [9.17, 15) is 4.53 Å². The largest absolute Gasteiger partial charge is 0.494 e. The van der Waals surface area contributed by atoms with Crippen molar-refractivity contribution in [1.82, 2.24) is 0 Å². The number of halogens is 1. The quantitative estimate of drug-likeness (QED) is 0.557. The molecule has 0 unspecified atom stereocenters. The lowest BCUT2D eigenvalue weighted by molar-refractivity contribution is -0.144. The number of unbranched alkanes of at least 4 members (excludes halogenated alkanes) is 5. The van der Waals surface area contributed by atoms with E-state index in [0.717, 1.165) is 24.3 Å². The Morgan fingerprint density at radius 2 is 1.83 bits per heavy atom. The number of benzene rings is 1. The van der Waals surface area contributed by atoms with E-state index >= 15 is 0 Å². The summed E-state index contributed by atoms with van der Waals surface area (Å²) in [4.78, 5) is 3.61. The van der Waals surface area contributed by atoms with Crippen LogP contribution in [-0.2, 0) is 11.5 Å². The number of hydrogen-bond acceptors (Lipinski definition) is 2. The molecule has 0 saturated heterocycles. The van der Waals surface area contributed by atoms with Crippen molar-refractivity contribution in [2.75, 3.05) is 6.61 Å². The van der Waals surface area contributed by atoms with Gasteiger partial charge in [-0.2, -0.15) is 4.94 Å². The van der Waals surface area contributed by atoms with Crippen LogP contribution in [0.25, 0.3) is 0 Å². The normalized spacial score (nSPS) is 10.6. The van der Waals surface area contributed by atoms with E-state index in [2.05, 4.69) is 11.9 Å². The minimum absolute atomic E-state index is 0.0196. The Kier molecular flexibility index (Phi) is 8.23. The Morgan fingerprint density at radius 1 is 1.06 bits per heavy atom. The molecule has 0 amide bonds. The fourth-order valence-electron chi connectivity index (χ4n) is 1.86. The van der Waals surface area contributed by atoms with Crippen molar-refractivity contribution < 1.29 is 14.2 Å². The van der Waals surface area contributed by atoms with Gasteiger partial charge in [-0.05, 0) is 28.6 Å². The van der Waals surface area contributed by atoms with Crippen molar-refractivity contribution in [3.63, 3.8) is 0 Å². The van der Waals surface area contributed by atoms with E-state index in [1.807, 2.05) is 24.3 Å². The molecule has 0 fully saturated rings. The average molecular weight is 254 g/mol. The summed E-state index contributed by atoms with van der Waals surface area (Å²) in [5, 5.41) is 0. The minimum Gasteiger partial charge on any atom is -0.494 e. The van der Waals surface area contributed by atoms with Crippen LogP contribution in [0.1, 0.15) is 51.0 Å². The second kappa shape index (κ2) is 9.89. The molecule has 1 aromatic carbocycles. The summed E-state index contributed by atoms with van der Waals surface area (Å²) in [5.74, 6) is 0.790. The maximum absolute atomic E-state index is 11.7. The van der Waals surface area contributed by atoms with Gasteiger partial charge in [-0.25, -0.2) is 0 Å². The molecule has 0 heterocycles.